The lowest BCUT2D eigenvalue weighted by atomic mass is 10.3. The Bertz CT molecular complexity index is 338. The van der Waals surface area contributed by atoms with Crippen molar-refractivity contribution < 1.29 is 0 Å². The van der Waals surface area contributed by atoms with Crippen LogP contribution in [-0.4, -0.2) is 11.5 Å². The Morgan fingerprint density at radius 3 is 2.93 bits per heavy atom. The molecule has 0 aliphatic rings. The van der Waals surface area contributed by atoms with Gasteiger partial charge in [0.15, 0.2) is 0 Å². The Hall–Kier alpha value is -1.26. The molecule has 4 nitrogen and oxygen atoms in total. The average molecular weight is 213 g/mol. The van der Waals surface area contributed by atoms with Gasteiger partial charge in [-0.05, 0) is 6.92 Å². The highest BCUT2D eigenvalue weighted by molar-refractivity contribution is 6.29. The van der Waals surface area contributed by atoms with Crippen LogP contribution in [0.2, 0.25) is 5.15 Å². The molecule has 0 bridgehead atoms. The summed E-state index contributed by atoms with van der Waals surface area (Å²) in [5, 5.41) is 3.56. The van der Waals surface area contributed by atoms with E-state index in [-0.39, 0.29) is 0 Å². The Balaban J connectivity index is 2.82. The lowest BCUT2D eigenvalue weighted by Gasteiger charge is -2.10. The summed E-state index contributed by atoms with van der Waals surface area (Å²) in [6.45, 7) is 6.40. The summed E-state index contributed by atoms with van der Waals surface area (Å²) in [6, 6.07) is 1.71. The molecule has 0 saturated carbocycles. The molecule has 0 spiro atoms. The summed E-state index contributed by atoms with van der Waals surface area (Å²) < 4.78 is 0. The molecule has 4 N–H and O–H groups in total. The molecule has 14 heavy (non-hydrogen) atoms. The van der Waals surface area contributed by atoms with E-state index in [1.807, 2.05) is 6.92 Å². The van der Waals surface area contributed by atoms with E-state index in [9.17, 15) is 0 Å². The fraction of sp³-hybridized carbons (Fsp3) is 0.222. The molecule has 0 aliphatic carbocycles. The van der Waals surface area contributed by atoms with Crippen LogP contribution >= 0.6 is 11.6 Å². The Morgan fingerprint density at radius 2 is 2.36 bits per heavy atom. The van der Waals surface area contributed by atoms with Crippen molar-refractivity contribution in [1.82, 2.24) is 4.98 Å². The van der Waals surface area contributed by atoms with Gasteiger partial charge >= 0.3 is 0 Å². The van der Waals surface area contributed by atoms with E-state index in [4.69, 9.17) is 17.4 Å². The van der Waals surface area contributed by atoms with E-state index >= 15 is 0 Å². The second-order valence-electron chi connectivity index (χ2n) is 3.01. The molecule has 0 radical (unpaired) electrons. The maximum atomic E-state index is 5.75. The summed E-state index contributed by atoms with van der Waals surface area (Å²) >= 11 is 5.75. The highest BCUT2D eigenvalue weighted by atomic mass is 35.5. The number of hydrazine groups is 1. The minimum atomic E-state index is 0.424. The third kappa shape index (κ3) is 2.90. The number of nitrogens with two attached hydrogens (primary N) is 1. The molecule has 1 aromatic rings. The van der Waals surface area contributed by atoms with Crippen LogP contribution in [-0.2, 0) is 0 Å². The number of nitrogen functional groups attached to an aromatic ring is 1. The van der Waals surface area contributed by atoms with Crippen molar-refractivity contribution in [3.63, 3.8) is 0 Å². The maximum absolute atomic E-state index is 5.75. The lowest BCUT2D eigenvalue weighted by Crippen LogP contribution is -2.11. The number of nitrogens with one attached hydrogen (secondary N) is 2. The molecule has 1 rings (SSSR count). The minimum Gasteiger partial charge on any atom is -0.379 e. The number of pyridine rings is 1. The smallest absolute Gasteiger partial charge is 0.131 e. The zero-order chi connectivity index (χ0) is 10.6. The van der Waals surface area contributed by atoms with Gasteiger partial charge in [0.25, 0.3) is 0 Å². The minimum absolute atomic E-state index is 0.424. The second-order valence-corrected chi connectivity index (χ2v) is 3.39. The third-order valence-corrected chi connectivity index (χ3v) is 1.81. The molecule has 0 amide bonds. The SMILES string of the molecule is C=C(C)CNc1cc(Cl)ncc1NN. The molecular formula is C9H13ClN4. The predicted molar refractivity (Wildman–Crippen MR) is 60.4 cm³/mol. The summed E-state index contributed by atoms with van der Waals surface area (Å²) in [6.07, 6.45) is 1.57. The molecule has 0 aromatic carbocycles. The topological polar surface area (TPSA) is 63.0 Å². The van der Waals surface area contributed by atoms with E-state index < -0.39 is 0 Å². The normalized spacial score (nSPS) is 9.64. The lowest BCUT2D eigenvalue weighted by molar-refractivity contribution is 1.19. The summed E-state index contributed by atoms with van der Waals surface area (Å²) in [5.41, 5.74) is 5.08. The predicted octanol–water partition coefficient (Wildman–Crippen LogP) is 2.01. The zero-order valence-corrected chi connectivity index (χ0v) is 8.73. The van der Waals surface area contributed by atoms with Gasteiger partial charge in [-0.1, -0.05) is 23.8 Å². The van der Waals surface area contributed by atoms with Crippen LogP contribution in [0.1, 0.15) is 6.92 Å². The highest BCUT2D eigenvalue weighted by Crippen LogP contribution is 2.22. The van der Waals surface area contributed by atoms with Crippen molar-refractivity contribution in [3.8, 4) is 0 Å². The Labute approximate surface area is 88.1 Å². The quantitative estimate of drug-likeness (QED) is 0.309. The fourth-order valence-corrected chi connectivity index (χ4v) is 1.10. The van der Waals surface area contributed by atoms with Crippen LogP contribution in [0.3, 0.4) is 0 Å². The van der Waals surface area contributed by atoms with Gasteiger partial charge in [0.05, 0.1) is 17.6 Å². The number of anilines is 2. The molecule has 0 aliphatic heterocycles. The molecule has 0 unspecified atom stereocenters. The number of halogens is 1. The van der Waals surface area contributed by atoms with Crippen LogP contribution in [0.25, 0.3) is 0 Å². The molecule has 0 saturated heterocycles. The van der Waals surface area contributed by atoms with E-state index in [0.29, 0.717) is 17.4 Å². The largest absolute Gasteiger partial charge is 0.379 e. The standard InChI is InChI=1S/C9H13ClN4/c1-6(2)4-12-7-3-9(10)13-5-8(7)14-11/h3,5,14H,1,4,11H2,2H3,(H,12,13). The molecule has 1 aromatic heterocycles. The highest BCUT2D eigenvalue weighted by Gasteiger charge is 2.02. The Kier molecular flexibility index (Phi) is 3.73. The number of rotatable bonds is 4. The molecule has 76 valence electrons. The molecular weight excluding hydrogens is 200 g/mol. The van der Waals surface area contributed by atoms with E-state index in [2.05, 4.69) is 22.3 Å². The van der Waals surface area contributed by atoms with E-state index in [1.54, 1.807) is 12.3 Å². The monoisotopic (exact) mass is 212 g/mol. The van der Waals surface area contributed by atoms with Crippen molar-refractivity contribution in [3.05, 3.63) is 29.6 Å². The third-order valence-electron chi connectivity index (χ3n) is 1.61. The van der Waals surface area contributed by atoms with Crippen LogP contribution in [0.4, 0.5) is 11.4 Å². The van der Waals surface area contributed by atoms with Crippen molar-refractivity contribution in [2.24, 2.45) is 5.84 Å². The van der Waals surface area contributed by atoms with E-state index in [1.165, 1.54) is 0 Å². The summed E-state index contributed by atoms with van der Waals surface area (Å²) in [7, 11) is 0. The van der Waals surface area contributed by atoms with Crippen molar-refractivity contribution in [2.45, 2.75) is 6.92 Å². The number of nitrogens with zero attached hydrogens (tertiary/aromatic N) is 1. The van der Waals surface area contributed by atoms with Crippen LogP contribution in [0.15, 0.2) is 24.4 Å². The average Bonchev–Trinajstić information content (AvgIpc) is 2.15. The number of hydrogen-bond acceptors (Lipinski definition) is 4. The van der Waals surface area contributed by atoms with Gasteiger partial charge < -0.3 is 10.7 Å². The van der Waals surface area contributed by atoms with Gasteiger partial charge in [-0.15, -0.1) is 0 Å². The van der Waals surface area contributed by atoms with Crippen LogP contribution in [0.5, 0.6) is 0 Å². The van der Waals surface area contributed by atoms with Gasteiger partial charge in [-0.25, -0.2) is 4.98 Å². The van der Waals surface area contributed by atoms with Crippen molar-refractivity contribution in [1.29, 1.82) is 0 Å². The first-order valence-electron chi connectivity index (χ1n) is 4.14. The van der Waals surface area contributed by atoms with Crippen LogP contribution in [0, 0.1) is 0 Å². The first kappa shape index (κ1) is 10.8. The summed E-state index contributed by atoms with van der Waals surface area (Å²) in [4.78, 5) is 3.90. The van der Waals surface area contributed by atoms with Crippen molar-refractivity contribution in [2.75, 3.05) is 17.3 Å². The maximum Gasteiger partial charge on any atom is 0.131 e. The first-order chi connectivity index (χ1) is 6.63. The van der Waals surface area contributed by atoms with Gasteiger partial charge in [0.2, 0.25) is 0 Å². The Morgan fingerprint density at radius 1 is 1.64 bits per heavy atom. The molecule has 0 fully saturated rings. The number of hydrogen-bond donors (Lipinski definition) is 3. The van der Waals surface area contributed by atoms with Gasteiger partial charge in [0.1, 0.15) is 5.15 Å². The van der Waals surface area contributed by atoms with Crippen LogP contribution < -0.4 is 16.6 Å². The second kappa shape index (κ2) is 4.83. The molecule has 5 heteroatoms. The fourth-order valence-electron chi connectivity index (χ4n) is 0.937. The van der Waals surface area contributed by atoms with Gasteiger partial charge in [0, 0.05) is 12.6 Å². The van der Waals surface area contributed by atoms with Gasteiger partial charge in [-0.2, -0.15) is 0 Å². The molecule has 1 heterocycles. The zero-order valence-electron chi connectivity index (χ0n) is 7.97. The van der Waals surface area contributed by atoms with Crippen molar-refractivity contribution >= 4 is 23.0 Å². The molecule has 0 atom stereocenters. The number of aromatic nitrogens is 1. The van der Waals surface area contributed by atoms with Gasteiger partial charge in [-0.3, -0.25) is 5.84 Å². The summed E-state index contributed by atoms with van der Waals surface area (Å²) in [5.74, 6) is 5.31. The first-order valence-corrected chi connectivity index (χ1v) is 4.51. The van der Waals surface area contributed by atoms with E-state index in [0.717, 1.165) is 11.3 Å².